The van der Waals surface area contributed by atoms with Crippen LogP contribution in [0.2, 0.25) is 0 Å². The van der Waals surface area contributed by atoms with Crippen LogP contribution in [-0.4, -0.2) is 43.2 Å². The molecule has 2 atom stereocenters. The molecule has 2 N–H and O–H groups in total. The van der Waals surface area contributed by atoms with E-state index in [1.807, 2.05) is 23.1 Å². The van der Waals surface area contributed by atoms with Gasteiger partial charge >= 0.3 is 0 Å². The summed E-state index contributed by atoms with van der Waals surface area (Å²) in [6.07, 6.45) is 1.24. The highest BCUT2D eigenvalue weighted by atomic mass is 16.5. The Bertz CT molecular complexity index is 503. The molecule has 0 radical (unpaired) electrons. The molecule has 0 aliphatic carbocycles. The number of rotatable bonds is 2. The lowest BCUT2D eigenvalue weighted by molar-refractivity contribution is -0.130. The smallest absolute Gasteiger partial charge is 0.224 e. The van der Waals surface area contributed by atoms with Gasteiger partial charge < -0.3 is 20.1 Å². The number of methoxy groups -OCH3 is 1. The lowest BCUT2D eigenvalue weighted by Crippen LogP contribution is -2.44. The van der Waals surface area contributed by atoms with Gasteiger partial charge in [-0.15, -0.1) is 0 Å². The number of carbonyl (C=O) groups is 1. The fourth-order valence-corrected chi connectivity index (χ4v) is 2.85. The summed E-state index contributed by atoms with van der Waals surface area (Å²) in [5.41, 5.74) is 6.93. The van der Waals surface area contributed by atoms with Crippen molar-refractivity contribution in [2.24, 2.45) is 5.73 Å². The molecule has 0 saturated carbocycles. The maximum atomic E-state index is 11.9. The van der Waals surface area contributed by atoms with Gasteiger partial charge in [-0.25, -0.2) is 0 Å². The van der Waals surface area contributed by atoms with Crippen LogP contribution in [-0.2, 0) is 11.2 Å². The van der Waals surface area contributed by atoms with Crippen molar-refractivity contribution in [2.45, 2.75) is 24.9 Å². The van der Waals surface area contributed by atoms with E-state index in [4.69, 9.17) is 15.2 Å². The van der Waals surface area contributed by atoms with Gasteiger partial charge in [0.05, 0.1) is 13.2 Å². The molecular formula is C14H18N2O3. The molecule has 3 rings (SSSR count). The molecule has 0 spiro atoms. The van der Waals surface area contributed by atoms with Gasteiger partial charge in [0.15, 0.2) is 11.5 Å². The first kappa shape index (κ1) is 12.3. The summed E-state index contributed by atoms with van der Waals surface area (Å²) in [7, 11) is 1.63. The number of nitrogens with two attached hydrogens (primary N) is 1. The van der Waals surface area contributed by atoms with Crippen molar-refractivity contribution >= 4 is 5.91 Å². The van der Waals surface area contributed by atoms with Gasteiger partial charge in [-0.2, -0.15) is 0 Å². The van der Waals surface area contributed by atoms with Crippen LogP contribution in [0.5, 0.6) is 11.5 Å². The predicted octanol–water partition coefficient (Wildman–Crippen LogP) is 0.558. The van der Waals surface area contributed by atoms with E-state index in [0.29, 0.717) is 19.6 Å². The Kier molecular flexibility index (Phi) is 3.06. The van der Waals surface area contributed by atoms with Crippen molar-refractivity contribution in [3.8, 4) is 11.5 Å². The number of hydrogen-bond donors (Lipinski definition) is 1. The molecule has 1 aromatic carbocycles. The van der Waals surface area contributed by atoms with Crippen molar-refractivity contribution in [3.63, 3.8) is 0 Å². The van der Waals surface area contributed by atoms with Gasteiger partial charge in [-0.05, 0) is 12.5 Å². The van der Waals surface area contributed by atoms with Crippen LogP contribution in [0.3, 0.4) is 0 Å². The third-order valence-corrected chi connectivity index (χ3v) is 3.79. The molecule has 19 heavy (non-hydrogen) atoms. The SMILES string of the molecule is COc1cccc2c1OCC(N1CC(N)CC1=O)C2. The molecule has 2 heterocycles. The fraction of sp³-hybridized carbons (Fsp3) is 0.500. The molecule has 102 valence electrons. The summed E-state index contributed by atoms with van der Waals surface area (Å²) in [6.45, 7) is 1.14. The Labute approximate surface area is 112 Å². The first-order valence-electron chi connectivity index (χ1n) is 6.52. The predicted molar refractivity (Wildman–Crippen MR) is 70.3 cm³/mol. The lowest BCUT2D eigenvalue weighted by atomic mass is 10.0. The van der Waals surface area contributed by atoms with Crippen molar-refractivity contribution in [1.29, 1.82) is 0 Å². The maximum Gasteiger partial charge on any atom is 0.224 e. The number of ether oxygens (including phenoxy) is 2. The second-order valence-electron chi connectivity index (χ2n) is 5.13. The molecular weight excluding hydrogens is 244 g/mol. The van der Waals surface area contributed by atoms with Gasteiger partial charge in [-0.1, -0.05) is 12.1 Å². The quantitative estimate of drug-likeness (QED) is 0.845. The highest BCUT2D eigenvalue weighted by Crippen LogP contribution is 2.36. The molecule has 1 fully saturated rings. The maximum absolute atomic E-state index is 11.9. The Morgan fingerprint density at radius 3 is 2.95 bits per heavy atom. The third-order valence-electron chi connectivity index (χ3n) is 3.79. The molecule has 5 nitrogen and oxygen atoms in total. The molecule has 2 unspecified atom stereocenters. The summed E-state index contributed by atoms with van der Waals surface area (Å²) in [5, 5.41) is 0. The van der Waals surface area contributed by atoms with Gasteiger partial charge in [0.1, 0.15) is 6.61 Å². The van der Waals surface area contributed by atoms with Crippen molar-refractivity contribution in [3.05, 3.63) is 23.8 Å². The largest absolute Gasteiger partial charge is 0.493 e. The van der Waals surface area contributed by atoms with E-state index in [-0.39, 0.29) is 18.0 Å². The van der Waals surface area contributed by atoms with Crippen LogP contribution in [0.4, 0.5) is 0 Å². The minimum absolute atomic E-state index is 0.0424. The van der Waals surface area contributed by atoms with Gasteiger partial charge in [0, 0.05) is 24.6 Å². The van der Waals surface area contributed by atoms with Crippen LogP contribution < -0.4 is 15.2 Å². The zero-order chi connectivity index (χ0) is 13.4. The van der Waals surface area contributed by atoms with Crippen LogP contribution >= 0.6 is 0 Å². The minimum atomic E-state index is -0.0424. The Hall–Kier alpha value is -1.75. The second kappa shape index (κ2) is 4.74. The summed E-state index contributed by atoms with van der Waals surface area (Å²) >= 11 is 0. The number of fused-ring (bicyclic) bond motifs is 1. The summed E-state index contributed by atoms with van der Waals surface area (Å²) < 4.78 is 11.1. The van der Waals surface area contributed by atoms with E-state index in [1.165, 1.54) is 0 Å². The Morgan fingerprint density at radius 1 is 1.42 bits per heavy atom. The highest BCUT2D eigenvalue weighted by Gasteiger charge is 2.35. The molecule has 0 bridgehead atoms. The van der Waals surface area contributed by atoms with E-state index in [0.717, 1.165) is 23.5 Å². The van der Waals surface area contributed by atoms with Crippen LogP contribution in [0.1, 0.15) is 12.0 Å². The molecule has 1 amide bonds. The topological polar surface area (TPSA) is 64.8 Å². The Balaban J connectivity index is 1.81. The molecule has 2 aliphatic heterocycles. The summed E-state index contributed by atoms with van der Waals surface area (Å²) in [6, 6.07) is 5.89. The average Bonchev–Trinajstić information content (AvgIpc) is 2.76. The van der Waals surface area contributed by atoms with E-state index in [9.17, 15) is 4.79 Å². The molecule has 5 heteroatoms. The zero-order valence-electron chi connectivity index (χ0n) is 11.0. The van der Waals surface area contributed by atoms with E-state index < -0.39 is 0 Å². The number of para-hydroxylation sites is 1. The van der Waals surface area contributed by atoms with E-state index in [1.54, 1.807) is 7.11 Å². The molecule has 2 aliphatic rings. The van der Waals surface area contributed by atoms with E-state index >= 15 is 0 Å². The standard InChI is InChI=1S/C14H18N2O3/c1-18-12-4-2-3-9-5-11(8-19-14(9)12)16-7-10(15)6-13(16)17/h2-4,10-11H,5-8,15H2,1H3. The van der Waals surface area contributed by atoms with Gasteiger partial charge in [-0.3, -0.25) is 4.79 Å². The number of amides is 1. The number of carbonyl (C=O) groups excluding carboxylic acids is 1. The zero-order valence-corrected chi connectivity index (χ0v) is 11.0. The Morgan fingerprint density at radius 2 is 2.26 bits per heavy atom. The van der Waals surface area contributed by atoms with Crippen LogP contribution in [0, 0.1) is 0 Å². The average molecular weight is 262 g/mol. The van der Waals surface area contributed by atoms with Gasteiger partial charge in [0.2, 0.25) is 5.91 Å². The van der Waals surface area contributed by atoms with Crippen molar-refractivity contribution in [2.75, 3.05) is 20.3 Å². The molecule has 1 saturated heterocycles. The molecule has 0 aromatic heterocycles. The second-order valence-corrected chi connectivity index (χ2v) is 5.13. The van der Waals surface area contributed by atoms with Crippen LogP contribution in [0.15, 0.2) is 18.2 Å². The third kappa shape index (κ3) is 2.14. The monoisotopic (exact) mass is 262 g/mol. The number of likely N-dealkylation sites (tertiary alicyclic amines) is 1. The normalized spacial score (nSPS) is 26.0. The minimum Gasteiger partial charge on any atom is -0.493 e. The van der Waals surface area contributed by atoms with Crippen LogP contribution in [0.25, 0.3) is 0 Å². The number of nitrogens with zero attached hydrogens (tertiary/aromatic N) is 1. The fourth-order valence-electron chi connectivity index (χ4n) is 2.85. The van der Waals surface area contributed by atoms with E-state index in [2.05, 4.69) is 0 Å². The highest BCUT2D eigenvalue weighted by molar-refractivity contribution is 5.79. The number of benzene rings is 1. The van der Waals surface area contributed by atoms with Crippen molar-refractivity contribution < 1.29 is 14.3 Å². The lowest BCUT2D eigenvalue weighted by Gasteiger charge is -2.33. The summed E-state index contributed by atoms with van der Waals surface area (Å²) in [4.78, 5) is 13.7. The van der Waals surface area contributed by atoms with Crippen molar-refractivity contribution in [1.82, 2.24) is 4.90 Å². The first-order valence-corrected chi connectivity index (χ1v) is 6.52. The summed E-state index contributed by atoms with van der Waals surface area (Å²) in [5.74, 6) is 1.69. The van der Waals surface area contributed by atoms with Gasteiger partial charge in [0.25, 0.3) is 0 Å². The molecule has 1 aromatic rings. The first-order chi connectivity index (χ1) is 9.19. The number of hydrogen-bond acceptors (Lipinski definition) is 4.